The van der Waals surface area contributed by atoms with Crippen molar-refractivity contribution in [3.8, 4) is 23.1 Å². The van der Waals surface area contributed by atoms with E-state index in [2.05, 4.69) is 40.6 Å². The lowest BCUT2D eigenvalue weighted by atomic mass is 9.99. The van der Waals surface area contributed by atoms with Crippen LogP contribution in [0.1, 0.15) is 54.6 Å². The molecule has 0 spiro atoms. The van der Waals surface area contributed by atoms with E-state index in [1.165, 1.54) is 4.90 Å². The van der Waals surface area contributed by atoms with Crippen LogP contribution in [0.25, 0.3) is 11.3 Å². The highest BCUT2D eigenvalue weighted by atomic mass is 35.5. The first-order valence-electron chi connectivity index (χ1n) is 15.5. The van der Waals surface area contributed by atoms with Crippen LogP contribution in [0.5, 0.6) is 0 Å². The number of rotatable bonds is 9. The SMILES string of the molecule is CCCNCc1cc(C#Cc2cc(-c3nn(CCCN4CCOCC4C)c4c3CN(C(=O)C(N)=O)CC4)ccc2Cl)ccc1Cl. The van der Waals surface area contributed by atoms with Gasteiger partial charge in [0, 0.05) is 78.2 Å². The Labute approximate surface area is 275 Å². The van der Waals surface area contributed by atoms with Gasteiger partial charge in [0.05, 0.1) is 30.5 Å². The average molecular weight is 652 g/mol. The van der Waals surface area contributed by atoms with Gasteiger partial charge in [0.1, 0.15) is 0 Å². The molecule has 0 saturated carbocycles. The molecule has 2 aliphatic rings. The maximum Gasteiger partial charge on any atom is 0.311 e. The van der Waals surface area contributed by atoms with Gasteiger partial charge < -0.3 is 20.7 Å². The van der Waals surface area contributed by atoms with Crippen molar-refractivity contribution in [3.63, 3.8) is 0 Å². The Morgan fingerprint density at radius 3 is 2.71 bits per heavy atom. The molecule has 0 bridgehead atoms. The molecule has 45 heavy (non-hydrogen) atoms. The Bertz CT molecular complexity index is 1610. The minimum Gasteiger partial charge on any atom is -0.379 e. The first-order valence-corrected chi connectivity index (χ1v) is 16.3. The fourth-order valence-electron chi connectivity index (χ4n) is 5.85. The van der Waals surface area contributed by atoms with Crippen LogP contribution in [0, 0.1) is 11.8 Å². The highest BCUT2D eigenvalue weighted by molar-refractivity contribution is 6.34. The van der Waals surface area contributed by atoms with Crippen LogP contribution in [0.3, 0.4) is 0 Å². The number of amides is 2. The Kier molecular flexibility index (Phi) is 11.2. The van der Waals surface area contributed by atoms with Gasteiger partial charge in [-0.1, -0.05) is 48.0 Å². The number of nitrogens with one attached hydrogen (secondary N) is 1. The van der Waals surface area contributed by atoms with E-state index in [1.54, 1.807) is 0 Å². The zero-order valence-electron chi connectivity index (χ0n) is 25.9. The van der Waals surface area contributed by atoms with Gasteiger partial charge in [-0.3, -0.25) is 19.2 Å². The number of ether oxygens (including phenoxy) is 1. The van der Waals surface area contributed by atoms with Crippen molar-refractivity contribution < 1.29 is 14.3 Å². The Morgan fingerprint density at radius 2 is 1.93 bits per heavy atom. The highest BCUT2D eigenvalue weighted by Gasteiger charge is 2.30. The van der Waals surface area contributed by atoms with Crippen LogP contribution < -0.4 is 11.1 Å². The third kappa shape index (κ3) is 8.07. The fraction of sp³-hybridized carbons (Fsp3) is 0.441. The van der Waals surface area contributed by atoms with Crippen LogP contribution >= 0.6 is 23.2 Å². The number of carbonyl (C=O) groups is 2. The Morgan fingerprint density at radius 1 is 1.11 bits per heavy atom. The largest absolute Gasteiger partial charge is 0.379 e. The second-order valence-electron chi connectivity index (χ2n) is 11.6. The average Bonchev–Trinajstić information content (AvgIpc) is 3.40. The molecule has 0 radical (unpaired) electrons. The van der Waals surface area contributed by atoms with Gasteiger partial charge in [0.25, 0.3) is 0 Å². The Balaban J connectivity index is 1.43. The molecule has 238 valence electrons. The molecule has 2 aliphatic heterocycles. The molecular formula is C34H40Cl2N6O3. The maximum absolute atomic E-state index is 12.5. The molecular weight excluding hydrogens is 611 g/mol. The minimum absolute atomic E-state index is 0.260. The fourth-order valence-corrected chi connectivity index (χ4v) is 6.20. The first kappa shape index (κ1) is 33.0. The van der Waals surface area contributed by atoms with Crippen molar-refractivity contribution in [1.82, 2.24) is 24.9 Å². The van der Waals surface area contributed by atoms with Gasteiger partial charge in [-0.25, -0.2) is 0 Å². The third-order valence-corrected chi connectivity index (χ3v) is 9.02. The summed E-state index contributed by atoms with van der Waals surface area (Å²) in [6.45, 7) is 10.7. The van der Waals surface area contributed by atoms with E-state index >= 15 is 0 Å². The second-order valence-corrected chi connectivity index (χ2v) is 12.4. The number of halogens is 2. The van der Waals surface area contributed by atoms with Gasteiger partial charge in [0.2, 0.25) is 0 Å². The van der Waals surface area contributed by atoms with Crippen LogP contribution in [0.15, 0.2) is 36.4 Å². The van der Waals surface area contributed by atoms with Gasteiger partial charge >= 0.3 is 11.8 Å². The van der Waals surface area contributed by atoms with Gasteiger partial charge in [-0.05, 0) is 62.2 Å². The topological polar surface area (TPSA) is 106 Å². The summed E-state index contributed by atoms with van der Waals surface area (Å²) in [5.41, 5.74) is 11.4. The molecule has 2 amide bonds. The molecule has 1 saturated heterocycles. The number of carbonyl (C=O) groups excluding carboxylic acids is 2. The molecule has 0 aliphatic carbocycles. The monoisotopic (exact) mass is 650 g/mol. The lowest BCUT2D eigenvalue weighted by molar-refractivity contribution is -0.144. The van der Waals surface area contributed by atoms with E-state index < -0.39 is 11.8 Å². The number of hydrogen-bond acceptors (Lipinski definition) is 6. The van der Waals surface area contributed by atoms with E-state index in [4.69, 9.17) is 38.8 Å². The number of primary amides is 1. The van der Waals surface area contributed by atoms with Crippen LogP contribution in [0.4, 0.5) is 0 Å². The summed E-state index contributed by atoms with van der Waals surface area (Å²) < 4.78 is 7.65. The van der Waals surface area contributed by atoms with Gasteiger partial charge in [-0.2, -0.15) is 5.10 Å². The van der Waals surface area contributed by atoms with Crippen molar-refractivity contribution in [3.05, 3.63) is 74.4 Å². The zero-order chi connectivity index (χ0) is 31.9. The molecule has 1 fully saturated rings. The van der Waals surface area contributed by atoms with Crippen molar-refractivity contribution in [2.45, 2.75) is 58.8 Å². The van der Waals surface area contributed by atoms with Gasteiger partial charge in [-0.15, -0.1) is 0 Å². The number of nitrogens with zero attached hydrogens (tertiary/aromatic N) is 4. The van der Waals surface area contributed by atoms with E-state index in [1.807, 2.05) is 36.4 Å². The number of hydrogen-bond donors (Lipinski definition) is 2. The second kappa shape index (κ2) is 15.3. The number of aromatic nitrogens is 2. The zero-order valence-corrected chi connectivity index (χ0v) is 27.4. The first-order chi connectivity index (χ1) is 21.7. The summed E-state index contributed by atoms with van der Waals surface area (Å²) in [5.74, 6) is 4.83. The smallest absolute Gasteiger partial charge is 0.311 e. The third-order valence-electron chi connectivity index (χ3n) is 8.32. The quantitative estimate of drug-likeness (QED) is 0.204. The summed E-state index contributed by atoms with van der Waals surface area (Å²) in [4.78, 5) is 28.2. The Hall–Kier alpha value is -3.39. The predicted molar refractivity (Wildman–Crippen MR) is 177 cm³/mol. The molecule has 11 heteroatoms. The molecule has 3 heterocycles. The van der Waals surface area contributed by atoms with E-state index in [9.17, 15) is 9.59 Å². The van der Waals surface area contributed by atoms with Crippen LogP contribution in [0.2, 0.25) is 10.0 Å². The van der Waals surface area contributed by atoms with Crippen molar-refractivity contribution in [2.75, 3.05) is 39.4 Å². The predicted octanol–water partition coefficient (Wildman–Crippen LogP) is 4.24. The number of benzene rings is 2. The normalized spacial score (nSPS) is 16.6. The van der Waals surface area contributed by atoms with Crippen molar-refractivity contribution >= 4 is 35.0 Å². The van der Waals surface area contributed by atoms with E-state index in [0.29, 0.717) is 41.2 Å². The minimum atomic E-state index is -0.956. The molecule has 1 atom stereocenters. The molecule has 9 nitrogen and oxygen atoms in total. The maximum atomic E-state index is 12.5. The summed E-state index contributed by atoms with van der Waals surface area (Å²) in [6, 6.07) is 11.8. The molecule has 2 aromatic carbocycles. The molecule has 3 aromatic rings. The van der Waals surface area contributed by atoms with Crippen molar-refractivity contribution in [2.24, 2.45) is 5.73 Å². The number of fused-ring (bicyclic) bond motifs is 1. The van der Waals surface area contributed by atoms with Crippen LogP contribution in [-0.2, 0) is 40.4 Å². The van der Waals surface area contributed by atoms with Gasteiger partial charge in [0.15, 0.2) is 0 Å². The summed E-state index contributed by atoms with van der Waals surface area (Å²) >= 11 is 13.0. The summed E-state index contributed by atoms with van der Waals surface area (Å²) in [7, 11) is 0. The molecule has 1 aromatic heterocycles. The molecule has 1 unspecified atom stereocenters. The number of aryl methyl sites for hydroxylation is 1. The number of morpholine rings is 1. The molecule has 5 rings (SSSR count). The van der Waals surface area contributed by atoms with E-state index in [0.717, 1.165) is 85.9 Å². The van der Waals surface area contributed by atoms with E-state index in [-0.39, 0.29) is 6.54 Å². The lowest BCUT2D eigenvalue weighted by Crippen LogP contribution is -2.44. The lowest BCUT2D eigenvalue weighted by Gasteiger charge is -2.33. The molecule has 3 N–H and O–H groups in total. The summed E-state index contributed by atoms with van der Waals surface area (Å²) in [6.07, 6.45) is 2.55. The number of nitrogens with two attached hydrogens (primary N) is 1. The van der Waals surface area contributed by atoms with Crippen LogP contribution in [-0.4, -0.2) is 76.8 Å². The van der Waals surface area contributed by atoms with Crippen molar-refractivity contribution in [1.29, 1.82) is 0 Å². The highest BCUT2D eigenvalue weighted by Crippen LogP contribution is 2.32. The summed E-state index contributed by atoms with van der Waals surface area (Å²) in [5, 5.41) is 9.67. The standard InChI is InChI=1S/C34H40Cl2N6O3/c1-3-12-38-20-27-18-24(6-9-30(27)36)5-7-25-19-26(8-10-29(25)35)32-28-21-41(34(44)33(37)43)15-11-31(28)42(39-32)14-4-13-40-16-17-45-22-23(40)2/h6,8-10,18-19,23,38H,3-4,11-17,20-22H2,1-2H3,(H2,37,43).